The third-order valence-electron chi connectivity index (χ3n) is 2.72. The van der Waals surface area contributed by atoms with Gasteiger partial charge < -0.3 is 15.7 Å². The van der Waals surface area contributed by atoms with Gasteiger partial charge in [-0.15, -0.1) is 0 Å². The number of rotatable bonds is 8. The van der Waals surface area contributed by atoms with Gasteiger partial charge in [-0.1, -0.05) is 44.0 Å². The molecule has 1 rings (SSSR count). The number of aliphatic hydroxyl groups excluding tert-OH is 1. The van der Waals surface area contributed by atoms with Gasteiger partial charge in [0.25, 0.3) is 0 Å². The van der Waals surface area contributed by atoms with Gasteiger partial charge >= 0.3 is 0 Å². The number of anilines is 2. The van der Waals surface area contributed by atoms with E-state index in [1.807, 2.05) is 0 Å². The first kappa shape index (κ1) is 17.3. The standard InChI is InChI=1S/C14H23Cl2N3O/c1-4-5-17-13-11(15)7-12(16)14(19-13)18-8-10(20)6-9(2)3/h7,9-10,20H,4-6,8H2,1-3H3,(H2,17,18,19). The Morgan fingerprint density at radius 3 is 2.35 bits per heavy atom. The van der Waals surface area contributed by atoms with Crippen molar-refractivity contribution in [3.8, 4) is 0 Å². The largest absolute Gasteiger partial charge is 0.391 e. The van der Waals surface area contributed by atoms with Crippen molar-refractivity contribution >= 4 is 34.8 Å². The summed E-state index contributed by atoms with van der Waals surface area (Å²) >= 11 is 12.2. The molecule has 0 fully saturated rings. The van der Waals surface area contributed by atoms with Crippen LogP contribution in [0.5, 0.6) is 0 Å². The molecule has 0 spiro atoms. The van der Waals surface area contributed by atoms with Crippen LogP contribution >= 0.6 is 23.2 Å². The molecule has 1 unspecified atom stereocenters. The summed E-state index contributed by atoms with van der Waals surface area (Å²) in [5.74, 6) is 1.60. The Morgan fingerprint density at radius 2 is 1.80 bits per heavy atom. The molecule has 1 heterocycles. The fourth-order valence-electron chi connectivity index (χ4n) is 1.80. The zero-order valence-corrected chi connectivity index (χ0v) is 13.7. The van der Waals surface area contributed by atoms with E-state index in [2.05, 4.69) is 36.4 Å². The molecule has 0 aliphatic heterocycles. The monoisotopic (exact) mass is 319 g/mol. The third-order valence-corrected chi connectivity index (χ3v) is 3.30. The quantitative estimate of drug-likeness (QED) is 0.677. The minimum atomic E-state index is -0.421. The van der Waals surface area contributed by atoms with Crippen molar-refractivity contribution in [1.82, 2.24) is 4.98 Å². The van der Waals surface area contributed by atoms with E-state index >= 15 is 0 Å². The zero-order valence-electron chi connectivity index (χ0n) is 12.2. The molecule has 1 aromatic rings. The molecule has 0 aromatic carbocycles. The molecule has 1 aromatic heterocycles. The van der Waals surface area contributed by atoms with Gasteiger partial charge in [0.15, 0.2) is 0 Å². The normalized spacial score (nSPS) is 12.6. The molecule has 0 bridgehead atoms. The summed E-state index contributed by atoms with van der Waals surface area (Å²) in [7, 11) is 0. The smallest absolute Gasteiger partial charge is 0.147 e. The van der Waals surface area contributed by atoms with E-state index in [-0.39, 0.29) is 0 Å². The fourth-order valence-corrected chi connectivity index (χ4v) is 2.29. The molecule has 114 valence electrons. The highest BCUT2D eigenvalue weighted by atomic mass is 35.5. The van der Waals surface area contributed by atoms with E-state index < -0.39 is 6.10 Å². The van der Waals surface area contributed by atoms with E-state index in [1.54, 1.807) is 6.07 Å². The average Bonchev–Trinajstić information content (AvgIpc) is 2.35. The Bertz CT molecular complexity index is 427. The van der Waals surface area contributed by atoms with Gasteiger partial charge in [-0.2, -0.15) is 0 Å². The van der Waals surface area contributed by atoms with Crippen LogP contribution in [0.3, 0.4) is 0 Å². The second kappa shape index (κ2) is 8.55. The fraction of sp³-hybridized carbons (Fsp3) is 0.643. The topological polar surface area (TPSA) is 57.2 Å². The summed E-state index contributed by atoms with van der Waals surface area (Å²) in [6.07, 6.45) is 1.30. The van der Waals surface area contributed by atoms with Gasteiger partial charge in [0, 0.05) is 13.1 Å². The first-order chi connectivity index (χ1) is 9.43. The highest BCUT2D eigenvalue weighted by Gasteiger charge is 2.11. The van der Waals surface area contributed by atoms with E-state index in [0.717, 1.165) is 19.4 Å². The van der Waals surface area contributed by atoms with Gasteiger partial charge in [0.05, 0.1) is 16.1 Å². The van der Waals surface area contributed by atoms with Crippen LogP contribution < -0.4 is 10.6 Å². The van der Waals surface area contributed by atoms with E-state index in [1.165, 1.54) is 0 Å². The number of aliphatic hydroxyl groups is 1. The minimum absolute atomic E-state index is 0.416. The first-order valence-corrected chi connectivity index (χ1v) is 7.71. The Morgan fingerprint density at radius 1 is 1.20 bits per heavy atom. The number of hydrogen-bond acceptors (Lipinski definition) is 4. The second-order valence-electron chi connectivity index (χ2n) is 5.24. The molecule has 20 heavy (non-hydrogen) atoms. The highest BCUT2D eigenvalue weighted by molar-refractivity contribution is 6.37. The predicted molar refractivity (Wildman–Crippen MR) is 87.0 cm³/mol. The summed E-state index contributed by atoms with van der Waals surface area (Å²) in [5, 5.41) is 17.0. The van der Waals surface area contributed by atoms with Crippen LogP contribution in [0.4, 0.5) is 11.6 Å². The molecule has 0 aliphatic rings. The number of halogens is 2. The van der Waals surface area contributed by atoms with Crippen LogP contribution in [0.25, 0.3) is 0 Å². The lowest BCUT2D eigenvalue weighted by molar-refractivity contribution is 0.161. The van der Waals surface area contributed by atoms with Crippen molar-refractivity contribution in [3.05, 3.63) is 16.1 Å². The van der Waals surface area contributed by atoms with Crippen LogP contribution in [-0.4, -0.2) is 29.3 Å². The van der Waals surface area contributed by atoms with Crippen LogP contribution in [-0.2, 0) is 0 Å². The highest BCUT2D eigenvalue weighted by Crippen LogP contribution is 2.29. The lowest BCUT2D eigenvalue weighted by Gasteiger charge is -2.16. The lowest BCUT2D eigenvalue weighted by atomic mass is 10.1. The van der Waals surface area contributed by atoms with Crippen LogP contribution in [0, 0.1) is 5.92 Å². The molecule has 0 amide bonds. The Hall–Kier alpha value is -0.710. The number of hydrogen-bond donors (Lipinski definition) is 3. The molecule has 1 atom stereocenters. The van der Waals surface area contributed by atoms with Crippen molar-refractivity contribution in [1.29, 1.82) is 0 Å². The predicted octanol–water partition coefficient (Wildman–Crippen LogP) is 4.03. The van der Waals surface area contributed by atoms with Crippen molar-refractivity contribution < 1.29 is 5.11 Å². The summed E-state index contributed by atoms with van der Waals surface area (Å²) in [5.41, 5.74) is 0. The van der Waals surface area contributed by atoms with Crippen molar-refractivity contribution in [2.45, 2.75) is 39.7 Å². The molecule has 6 heteroatoms. The molecule has 3 N–H and O–H groups in total. The van der Waals surface area contributed by atoms with Gasteiger partial charge in [-0.3, -0.25) is 0 Å². The maximum absolute atomic E-state index is 9.86. The summed E-state index contributed by atoms with van der Waals surface area (Å²) in [6.45, 7) is 7.43. The Kier molecular flexibility index (Phi) is 7.41. The zero-order chi connectivity index (χ0) is 15.1. The third kappa shape index (κ3) is 5.73. The number of aromatic nitrogens is 1. The van der Waals surface area contributed by atoms with E-state index in [9.17, 15) is 5.11 Å². The van der Waals surface area contributed by atoms with Crippen LogP contribution in [0.15, 0.2) is 6.07 Å². The van der Waals surface area contributed by atoms with Gasteiger partial charge in [0.2, 0.25) is 0 Å². The van der Waals surface area contributed by atoms with Gasteiger partial charge in [-0.25, -0.2) is 4.98 Å². The number of pyridine rings is 1. The Labute approximate surface area is 130 Å². The SMILES string of the molecule is CCCNc1nc(NCC(O)CC(C)C)c(Cl)cc1Cl. The van der Waals surface area contributed by atoms with Gasteiger partial charge in [-0.05, 0) is 24.8 Å². The first-order valence-electron chi connectivity index (χ1n) is 6.95. The molecule has 0 aliphatic carbocycles. The average molecular weight is 320 g/mol. The van der Waals surface area contributed by atoms with E-state index in [4.69, 9.17) is 23.2 Å². The molecule has 0 saturated heterocycles. The molecular weight excluding hydrogens is 297 g/mol. The van der Waals surface area contributed by atoms with Crippen molar-refractivity contribution in [2.24, 2.45) is 5.92 Å². The van der Waals surface area contributed by atoms with Crippen LogP contribution in [0.2, 0.25) is 10.0 Å². The van der Waals surface area contributed by atoms with Gasteiger partial charge in [0.1, 0.15) is 11.6 Å². The van der Waals surface area contributed by atoms with E-state index in [0.29, 0.717) is 34.1 Å². The molecule has 0 saturated carbocycles. The summed E-state index contributed by atoms with van der Waals surface area (Å²) in [4.78, 5) is 4.36. The second-order valence-corrected chi connectivity index (χ2v) is 6.05. The maximum atomic E-state index is 9.86. The minimum Gasteiger partial charge on any atom is -0.391 e. The molecule has 4 nitrogen and oxygen atoms in total. The number of nitrogens with one attached hydrogen (secondary N) is 2. The Balaban J connectivity index is 2.69. The van der Waals surface area contributed by atoms with Crippen LogP contribution in [0.1, 0.15) is 33.6 Å². The summed E-state index contributed by atoms with van der Waals surface area (Å²) < 4.78 is 0. The van der Waals surface area contributed by atoms with Crippen molar-refractivity contribution in [2.75, 3.05) is 23.7 Å². The molecular formula is C14H23Cl2N3O. The molecule has 0 radical (unpaired) electrons. The van der Waals surface area contributed by atoms with Crippen molar-refractivity contribution in [3.63, 3.8) is 0 Å². The summed E-state index contributed by atoms with van der Waals surface area (Å²) in [6, 6.07) is 1.66. The lowest BCUT2D eigenvalue weighted by Crippen LogP contribution is -2.22. The number of nitrogens with zero attached hydrogens (tertiary/aromatic N) is 1. The maximum Gasteiger partial charge on any atom is 0.147 e.